The number of anilines is 2. The van der Waals surface area contributed by atoms with E-state index in [4.69, 9.17) is 5.73 Å². The lowest BCUT2D eigenvalue weighted by atomic mass is 10.1. The largest absolute Gasteiger partial charge is 0.394 e. The lowest BCUT2D eigenvalue weighted by Crippen LogP contribution is -2.13. The summed E-state index contributed by atoms with van der Waals surface area (Å²) in [6.07, 6.45) is 0. The smallest absolute Gasteiger partial charge is 0.257 e. The van der Waals surface area contributed by atoms with E-state index in [1.54, 1.807) is 26.0 Å². The number of carbonyl (C=O) groups is 1. The minimum atomic E-state index is -0.452. The van der Waals surface area contributed by atoms with E-state index in [0.29, 0.717) is 16.9 Å². The topological polar surface area (TPSA) is 83.8 Å². The Morgan fingerprint density at radius 3 is 2.72 bits per heavy atom. The van der Waals surface area contributed by atoms with Crippen molar-refractivity contribution in [1.82, 2.24) is 10.2 Å². The molecular formula is C12H13FN4O. The van der Waals surface area contributed by atoms with E-state index in [9.17, 15) is 9.18 Å². The average molecular weight is 248 g/mol. The van der Waals surface area contributed by atoms with Crippen LogP contribution in [0.2, 0.25) is 0 Å². The molecule has 0 spiro atoms. The fourth-order valence-electron chi connectivity index (χ4n) is 1.45. The zero-order valence-electron chi connectivity index (χ0n) is 10.0. The van der Waals surface area contributed by atoms with Gasteiger partial charge >= 0.3 is 0 Å². The maximum absolute atomic E-state index is 13.3. The molecule has 0 radical (unpaired) electrons. The van der Waals surface area contributed by atoms with E-state index in [0.717, 1.165) is 0 Å². The normalized spacial score (nSPS) is 10.4. The summed E-state index contributed by atoms with van der Waals surface area (Å²) in [6, 6.07) is 4.27. The van der Waals surface area contributed by atoms with Crippen LogP contribution in [0.5, 0.6) is 0 Å². The van der Waals surface area contributed by atoms with Gasteiger partial charge in [-0.3, -0.25) is 9.89 Å². The summed E-state index contributed by atoms with van der Waals surface area (Å²) in [6.45, 7) is 3.37. The molecule has 0 aliphatic rings. The first-order chi connectivity index (χ1) is 8.49. The summed E-state index contributed by atoms with van der Waals surface area (Å²) >= 11 is 0. The van der Waals surface area contributed by atoms with Gasteiger partial charge in [0.1, 0.15) is 5.82 Å². The maximum atomic E-state index is 13.3. The summed E-state index contributed by atoms with van der Waals surface area (Å²) in [7, 11) is 0. The van der Waals surface area contributed by atoms with Crippen molar-refractivity contribution in [2.45, 2.75) is 13.8 Å². The Morgan fingerprint density at radius 1 is 1.44 bits per heavy atom. The van der Waals surface area contributed by atoms with Crippen molar-refractivity contribution < 1.29 is 9.18 Å². The quantitative estimate of drug-likeness (QED) is 0.760. The Hall–Kier alpha value is -2.37. The van der Waals surface area contributed by atoms with Gasteiger partial charge in [-0.05, 0) is 31.5 Å². The molecule has 0 saturated heterocycles. The van der Waals surface area contributed by atoms with Gasteiger partial charge in [0.05, 0.1) is 11.4 Å². The Balaban J connectivity index is 2.22. The second-order valence-corrected chi connectivity index (χ2v) is 4.03. The number of amides is 1. The lowest BCUT2D eigenvalue weighted by Gasteiger charge is -2.04. The van der Waals surface area contributed by atoms with E-state index in [2.05, 4.69) is 15.5 Å². The molecule has 0 bridgehead atoms. The van der Waals surface area contributed by atoms with Crippen LogP contribution in [0.3, 0.4) is 0 Å². The van der Waals surface area contributed by atoms with E-state index in [1.165, 1.54) is 6.07 Å². The summed E-state index contributed by atoms with van der Waals surface area (Å²) in [5.41, 5.74) is 7.45. The molecule has 0 aliphatic carbocycles. The first-order valence-corrected chi connectivity index (χ1v) is 5.37. The van der Waals surface area contributed by atoms with Crippen molar-refractivity contribution in [2.24, 2.45) is 0 Å². The number of benzene rings is 1. The molecular weight excluding hydrogens is 235 g/mol. The van der Waals surface area contributed by atoms with Crippen molar-refractivity contribution in [3.05, 3.63) is 40.8 Å². The number of nitrogens with two attached hydrogens (primary N) is 1. The molecule has 18 heavy (non-hydrogen) atoms. The SMILES string of the molecule is Cc1ccc(C(=O)Nc2n[nH]c(C)c2N)cc1F. The fourth-order valence-corrected chi connectivity index (χ4v) is 1.45. The summed E-state index contributed by atoms with van der Waals surface area (Å²) < 4.78 is 13.3. The van der Waals surface area contributed by atoms with Crippen LogP contribution < -0.4 is 11.1 Å². The highest BCUT2D eigenvalue weighted by molar-refractivity contribution is 6.05. The van der Waals surface area contributed by atoms with Gasteiger partial charge in [0.15, 0.2) is 5.82 Å². The summed E-state index contributed by atoms with van der Waals surface area (Å²) in [5, 5.41) is 9.02. The number of hydrogen-bond donors (Lipinski definition) is 3. The van der Waals surface area contributed by atoms with E-state index in [1.807, 2.05) is 0 Å². The van der Waals surface area contributed by atoms with Crippen LogP contribution in [0.15, 0.2) is 18.2 Å². The molecule has 2 rings (SSSR count). The number of aromatic amines is 1. The number of aryl methyl sites for hydroxylation is 2. The molecule has 1 aromatic carbocycles. The highest BCUT2D eigenvalue weighted by Gasteiger charge is 2.13. The van der Waals surface area contributed by atoms with Crippen molar-refractivity contribution in [2.75, 3.05) is 11.1 Å². The van der Waals surface area contributed by atoms with Crippen molar-refractivity contribution in [1.29, 1.82) is 0 Å². The Bertz CT molecular complexity index is 606. The molecule has 4 N–H and O–H groups in total. The van der Waals surface area contributed by atoms with Crippen LogP contribution in [0.4, 0.5) is 15.9 Å². The molecule has 0 atom stereocenters. The number of rotatable bonds is 2. The van der Waals surface area contributed by atoms with Gasteiger partial charge in [-0.25, -0.2) is 4.39 Å². The zero-order chi connectivity index (χ0) is 13.3. The molecule has 0 unspecified atom stereocenters. The minimum absolute atomic E-state index is 0.221. The van der Waals surface area contributed by atoms with Crippen molar-refractivity contribution in [3.8, 4) is 0 Å². The highest BCUT2D eigenvalue weighted by Crippen LogP contribution is 2.19. The van der Waals surface area contributed by atoms with Crippen LogP contribution in [-0.2, 0) is 0 Å². The molecule has 2 aromatic rings. The fraction of sp³-hybridized carbons (Fsp3) is 0.167. The van der Waals surface area contributed by atoms with Gasteiger partial charge in [-0.2, -0.15) is 5.10 Å². The summed E-state index contributed by atoms with van der Waals surface area (Å²) in [4.78, 5) is 11.9. The molecule has 0 saturated carbocycles. The monoisotopic (exact) mass is 248 g/mol. The van der Waals surface area contributed by atoms with Gasteiger partial charge in [0.25, 0.3) is 5.91 Å². The second kappa shape index (κ2) is 4.48. The molecule has 0 aliphatic heterocycles. The number of hydrogen-bond acceptors (Lipinski definition) is 3. The van der Waals surface area contributed by atoms with Crippen LogP contribution in [0, 0.1) is 19.7 Å². The third-order valence-electron chi connectivity index (χ3n) is 2.66. The molecule has 1 aromatic heterocycles. The first kappa shape index (κ1) is 12.1. The van der Waals surface area contributed by atoms with Crippen LogP contribution in [-0.4, -0.2) is 16.1 Å². The lowest BCUT2D eigenvalue weighted by molar-refractivity contribution is 0.102. The number of carbonyl (C=O) groups excluding carboxylic acids is 1. The molecule has 1 amide bonds. The van der Waals surface area contributed by atoms with Crippen molar-refractivity contribution in [3.63, 3.8) is 0 Å². The first-order valence-electron chi connectivity index (χ1n) is 5.37. The second-order valence-electron chi connectivity index (χ2n) is 4.03. The van der Waals surface area contributed by atoms with E-state index in [-0.39, 0.29) is 11.4 Å². The third-order valence-corrected chi connectivity index (χ3v) is 2.66. The van der Waals surface area contributed by atoms with Gasteiger partial charge in [-0.15, -0.1) is 0 Å². The van der Waals surface area contributed by atoms with Crippen LogP contribution in [0.1, 0.15) is 21.6 Å². The minimum Gasteiger partial charge on any atom is -0.394 e. The molecule has 6 heteroatoms. The standard InChI is InChI=1S/C12H13FN4O/c1-6-3-4-8(5-9(6)13)12(18)15-11-10(14)7(2)16-17-11/h3-5H,14H2,1-2H3,(H2,15,16,17,18). The van der Waals surface area contributed by atoms with Crippen LogP contribution in [0.25, 0.3) is 0 Å². The number of halogens is 1. The molecule has 1 heterocycles. The van der Waals surface area contributed by atoms with Gasteiger partial charge in [0, 0.05) is 5.56 Å². The average Bonchev–Trinajstić information content (AvgIpc) is 2.64. The Labute approximate surface area is 103 Å². The predicted molar refractivity (Wildman–Crippen MR) is 66.8 cm³/mol. The maximum Gasteiger partial charge on any atom is 0.257 e. The number of H-pyrrole nitrogens is 1. The third kappa shape index (κ3) is 2.17. The number of nitrogens with zero attached hydrogens (tertiary/aromatic N) is 1. The van der Waals surface area contributed by atoms with E-state index >= 15 is 0 Å². The predicted octanol–water partition coefficient (Wildman–Crippen LogP) is 2.00. The van der Waals surface area contributed by atoms with Gasteiger partial charge in [0.2, 0.25) is 0 Å². The van der Waals surface area contributed by atoms with Gasteiger partial charge < -0.3 is 11.1 Å². The number of nitrogens with one attached hydrogen (secondary N) is 2. The number of aromatic nitrogens is 2. The van der Waals surface area contributed by atoms with Crippen LogP contribution >= 0.6 is 0 Å². The highest BCUT2D eigenvalue weighted by atomic mass is 19.1. The zero-order valence-corrected chi connectivity index (χ0v) is 10.0. The Morgan fingerprint density at radius 2 is 2.17 bits per heavy atom. The summed E-state index contributed by atoms with van der Waals surface area (Å²) in [5.74, 6) is -0.626. The van der Waals surface area contributed by atoms with E-state index < -0.39 is 11.7 Å². The van der Waals surface area contributed by atoms with Gasteiger partial charge in [-0.1, -0.05) is 6.07 Å². The van der Waals surface area contributed by atoms with Crippen molar-refractivity contribution >= 4 is 17.4 Å². The number of nitrogen functional groups attached to an aromatic ring is 1. The molecule has 5 nitrogen and oxygen atoms in total. The molecule has 94 valence electrons. The Kier molecular flexibility index (Phi) is 3.01. The molecule has 0 fully saturated rings.